The summed E-state index contributed by atoms with van der Waals surface area (Å²) < 4.78 is 10.7. The first-order chi connectivity index (χ1) is 10.8. The first kappa shape index (κ1) is 15.3. The Bertz CT molecular complexity index is 498. The maximum atomic E-state index is 12.2. The maximum absolute atomic E-state index is 12.2. The Kier molecular flexibility index (Phi) is 4.98. The van der Waals surface area contributed by atoms with Crippen molar-refractivity contribution in [2.24, 2.45) is 5.92 Å². The van der Waals surface area contributed by atoms with Crippen LogP contribution in [0.2, 0.25) is 0 Å². The van der Waals surface area contributed by atoms with E-state index in [1.165, 1.54) is 45.2 Å². The van der Waals surface area contributed by atoms with Crippen molar-refractivity contribution in [3.63, 3.8) is 0 Å². The number of piperidine rings is 2. The number of benzene rings is 1. The number of fused-ring (bicyclic) bond motifs is 1. The minimum Gasteiger partial charge on any atom is -0.497 e. The van der Waals surface area contributed by atoms with E-state index in [0.717, 1.165) is 5.75 Å². The molecular formula is C18H25NO3. The maximum Gasteiger partial charge on any atom is 0.338 e. The van der Waals surface area contributed by atoms with E-state index in [1.54, 1.807) is 31.4 Å². The number of ether oxygens (including phenoxy) is 2. The van der Waals surface area contributed by atoms with Crippen LogP contribution in [0.15, 0.2) is 24.3 Å². The summed E-state index contributed by atoms with van der Waals surface area (Å²) in [5.74, 6) is 1.02. The lowest BCUT2D eigenvalue weighted by molar-refractivity contribution is 0.00739. The van der Waals surface area contributed by atoms with E-state index in [0.29, 0.717) is 24.1 Å². The molecule has 2 saturated heterocycles. The van der Waals surface area contributed by atoms with Crippen molar-refractivity contribution in [1.29, 1.82) is 0 Å². The zero-order valence-electron chi connectivity index (χ0n) is 13.3. The molecule has 2 heterocycles. The molecule has 0 aromatic heterocycles. The lowest BCUT2D eigenvalue weighted by atomic mass is 9.84. The van der Waals surface area contributed by atoms with Gasteiger partial charge in [0.15, 0.2) is 0 Å². The molecular weight excluding hydrogens is 278 g/mol. The number of methoxy groups -OCH3 is 1. The van der Waals surface area contributed by atoms with Crippen molar-refractivity contribution >= 4 is 5.97 Å². The lowest BCUT2D eigenvalue weighted by Crippen LogP contribution is -2.49. The van der Waals surface area contributed by atoms with Crippen LogP contribution < -0.4 is 4.74 Å². The van der Waals surface area contributed by atoms with E-state index in [1.807, 2.05) is 0 Å². The summed E-state index contributed by atoms with van der Waals surface area (Å²) in [4.78, 5) is 14.8. The number of nitrogens with zero attached hydrogens (tertiary/aromatic N) is 1. The van der Waals surface area contributed by atoms with Gasteiger partial charge in [0.05, 0.1) is 19.3 Å². The molecule has 120 valence electrons. The van der Waals surface area contributed by atoms with Crippen LogP contribution in [0.3, 0.4) is 0 Å². The van der Waals surface area contributed by atoms with E-state index in [4.69, 9.17) is 9.47 Å². The topological polar surface area (TPSA) is 38.8 Å². The van der Waals surface area contributed by atoms with Gasteiger partial charge in [-0.05, 0) is 63.0 Å². The molecule has 2 aliphatic rings. The Morgan fingerprint density at radius 1 is 1.14 bits per heavy atom. The number of esters is 1. The first-order valence-electron chi connectivity index (χ1n) is 8.33. The number of carbonyl (C=O) groups is 1. The lowest BCUT2D eigenvalue weighted by Gasteiger charge is -2.44. The summed E-state index contributed by atoms with van der Waals surface area (Å²) in [5, 5.41) is 0. The van der Waals surface area contributed by atoms with Gasteiger partial charge in [-0.1, -0.05) is 6.42 Å². The van der Waals surface area contributed by atoms with Crippen LogP contribution in [0.1, 0.15) is 42.5 Å². The fraction of sp³-hybridized carbons (Fsp3) is 0.611. The third-order valence-electron chi connectivity index (χ3n) is 4.98. The van der Waals surface area contributed by atoms with Crippen molar-refractivity contribution in [1.82, 2.24) is 4.90 Å². The minimum absolute atomic E-state index is 0.226. The Morgan fingerprint density at radius 3 is 2.68 bits per heavy atom. The quantitative estimate of drug-likeness (QED) is 0.801. The summed E-state index contributed by atoms with van der Waals surface area (Å²) in [6.45, 7) is 2.98. The van der Waals surface area contributed by atoms with E-state index in [2.05, 4.69) is 4.90 Å². The van der Waals surface area contributed by atoms with Gasteiger partial charge in [-0.15, -0.1) is 0 Å². The Balaban J connectivity index is 1.55. The van der Waals surface area contributed by atoms with Crippen molar-refractivity contribution in [3.05, 3.63) is 29.8 Å². The molecule has 22 heavy (non-hydrogen) atoms. The highest BCUT2D eigenvalue weighted by Crippen LogP contribution is 2.31. The van der Waals surface area contributed by atoms with Crippen LogP contribution in [-0.2, 0) is 4.74 Å². The molecule has 0 amide bonds. The zero-order chi connectivity index (χ0) is 15.4. The molecule has 1 aromatic carbocycles. The Morgan fingerprint density at radius 2 is 1.91 bits per heavy atom. The van der Waals surface area contributed by atoms with Crippen LogP contribution >= 0.6 is 0 Å². The molecule has 0 bridgehead atoms. The molecule has 2 atom stereocenters. The standard InChI is InChI=1S/C18H25NO3/c1-21-16-9-7-14(8-10-16)18(20)22-13-15-5-4-12-19-11-3-2-6-17(15)19/h7-10,15,17H,2-6,11-13H2,1H3/t15-,17-/m0/s1. The summed E-state index contributed by atoms with van der Waals surface area (Å²) in [7, 11) is 1.62. The fourth-order valence-electron chi connectivity index (χ4n) is 3.76. The number of hydrogen-bond donors (Lipinski definition) is 0. The second-order valence-corrected chi connectivity index (χ2v) is 6.33. The van der Waals surface area contributed by atoms with Crippen LogP contribution in [0.5, 0.6) is 5.75 Å². The third kappa shape index (κ3) is 3.43. The monoisotopic (exact) mass is 303 g/mol. The summed E-state index contributed by atoms with van der Waals surface area (Å²) in [6.07, 6.45) is 6.28. The first-order valence-corrected chi connectivity index (χ1v) is 8.33. The highest BCUT2D eigenvalue weighted by Gasteiger charge is 2.33. The van der Waals surface area contributed by atoms with Crippen LogP contribution in [-0.4, -0.2) is 43.7 Å². The molecule has 0 radical (unpaired) electrons. The molecule has 4 nitrogen and oxygen atoms in total. The zero-order valence-corrected chi connectivity index (χ0v) is 13.3. The van der Waals surface area contributed by atoms with Crippen molar-refractivity contribution in [2.75, 3.05) is 26.8 Å². The van der Waals surface area contributed by atoms with Gasteiger partial charge in [-0.2, -0.15) is 0 Å². The van der Waals surface area contributed by atoms with Gasteiger partial charge in [0.1, 0.15) is 5.75 Å². The highest BCUT2D eigenvalue weighted by atomic mass is 16.5. The van der Waals surface area contributed by atoms with Crippen LogP contribution in [0.4, 0.5) is 0 Å². The number of rotatable bonds is 4. The molecule has 0 unspecified atom stereocenters. The molecule has 4 heteroatoms. The molecule has 0 saturated carbocycles. The smallest absolute Gasteiger partial charge is 0.338 e. The molecule has 2 aliphatic heterocycles. The molecule has 1 aromatic rings. The number of hydrogen-bond acceptors (Lipinski definition) is 4. The van der Waals surface area contributed by atoms with Gasteiger partial charge in [0, 0.05) is 12.0 Å². The Labute approximate surface area is 132 Å². The minimum atomic E-state index is -0.226. The van der Waals surface area contributed by atoms with Gasteiger partial charge in [-0.25, -0.2) is 4.79 Å². The normalized spacial score (nSPS) is 25.3. The van der Waals surface area contributed by atoms with Crippen molar-refractivity contribution in [2.45, 2.75) is 38.1 Å². The summed E-state index contributed by atoms with van der Waals surface area (Å²) >= 11 is 0. The van der Waals surface area contributed by atoms with Crippen LogP contribution in [0.25, 0.3) is 0 Å². The van der Waals surface area contributed by atoms with Gasteiger partial charge < -0.3 is 9.47 Å². The predicted octanol–water partition coefficient (Wildman–Crippen LogP) is 3.12. The predicted molar refractivity (Wildman–Crippen MR) is 85.2 cm³/mol. The van der Waals surface area contributed by atoms with E-state index >= 15 is 0 Å². The van der Waals surface area contributed by atoms with Gasteiger partial charge in [0.25, 0.3) is 0 Å². The molecule has 0 spiro atoms. The van der Waals surface area contributed by atoms with E-state index in [-0.39, 0.29) is 5.97 Å². The average molecular weight is 303 g/mol. The molecule has 2 fully saturated rings. The van der Waals surface area contributed by atoms with Gasteiger partial charge >= 0.3 is 5.97 Å². The van der Waals surface area contributed by atoms with E-state index in [9.17, 15) is 4.79 Å². The summed E-state index contributed by atoms with van der Waals surface area (Å²) in [5.41, 5.74) is 0.595. The second-order valence-electron chi connectivity index (χ2n) is 6.33. The van der Waals surface area contributed by atoms with Crippen molar-refractivity contribution in [3.8, 4) is 5.75 Å². The summed E-state index contributed by atoms with van der Waals surface area (Å²) in [6, 6.07) is 7.72. The van der Waals surface area contributed by atoms with Crippen LogP contribution in [0, 0.1) is 5.92 Å². The highest BCUT2D eigenvalue weighted by molar-refractivity contribution is 5.89. The molecule has 0 aliphatic carbocycles. The van der Waals surface area contributed by atoms with E-state index < -0.39 is 0 Å². The average Bonchev–Trinajstić information content (AvgIpc) is 2.59. The number of carbonyl (C=O) groups excluding carboxylic acids is 1. The fourth-order valence-corrected chi connectivity index (χ4v) is 3.76. The van der Waals surface area contributed by atoms with Gasteiger partial charge in [0.2, 0.25) is 0 Å². The molecule has 0 N–H and O–H groups in total. The largest absolute Gasteiger partial charge is 0.497 e. The Hall–Kier alpha value is -1.55. The SMILES string of the molecule is COc1ccc(C(=O)OC[C@@H]2CCCN3CCCC[C@@H]23)cc1. The second kappa shape index (κ2) is 7.14. The third-order valence-corrected chi connectivity index (χ3v) is 4.98. The molecule has 3 rings (SSSR count). The van der Waals surface area contributed by atoms with Crippen molar-refractivity contribution < 1.29 is 14.3 Å². The van der Waals surface area contributed by atoms with Gasteiger partial charge in [-0.3, -0.25) is 4.90 Å².